The van der Waals surface area contributed by atoms with Crippen molar-refractivity contribution in [2.24, 2.45) is 16.5 Å². The van der Waals surface area contributed by atoms with Crippen LogP contribution in [0.4, 0.5) is 5.95 Å². The zero-order valence-electron chi connectivity index (χ0n) is 20.8. The number of nitrogen functional groups attached to an aromatic ring is 1. The van der Waals surface area contributed by atoms with E-state index in [0.717, 1.165) is 9.75 Å². The van der Waals surface area contributed by atoms with Crippen molar-refractivity contribution in [2.45, 2.75) is 11.6 Å². The summed E-state index contributed by atoms with van der Waals surface area (Å²) in [7, 11) is 0. The molecule has 8 heterocycles. The second kappa shape index (κ2) is 9.28. The van der Waals surface area contributed by atoms with Gasteiger partial charge in [0.25, 0.3) is 5.56 Å². The van der Waals surface area contributed by atoms with E-state index in [2.05, 4.69) is 50.8 Å². The van der Waals surface area contributed by atoms with E-state index >= 15 is 0 Å². The summed E-state index contributed by atoms with van der Waals surface area (Å²) in [5, 5.41) is 14.6. The average molecular weight is 587 g/mol. The Morgan fingerprint density at radius 2 is 1.88 bits per heavy atom. The molecule has 6 aromatic heterocycles. The highest BCUT2D eigenvalue weighted by molar-refractivity contribution is 7.13. The van der Waals surface area contributed by atoms with E-state index in [1.54, 1.807) is 35.2 Å². The van der Waals surface area contributed by atoms with Gasteiger partial charge in [-0.25, -0.2) is 35.6 Å². The summed E-state index contributed by atoms with van der Waals surface area (Å²) >= 11 is 3.12. The summed E-state index contributed by atoms with van der Waals surface area (Å²) < 4.78 is 1.90. The first-order chi connectivity index (χ1) is 19.8. The van der Waals surface area contributed by atoms with Crippen LogP contribution in [0.3, 0.4) is 0 Å². The molecule has 0 aromatic carbocycles. The van der Waals surface area contributed by atoms with Crippen molar-refractivity contribution < 1.29 is 0 Å². The molecule has 2 aliphatic rings. The van der Waals surface area contributed by atoms with Crippen molar-refractivity contribution in [3.05, 3.63) is 80.6 Å². The fourth-order valence-electron chi connectivity index (χ4n) is 4.61. The Morgan fingerprint density at radius 1 is 1.02 bits per heavy atom. The molecule has 18 heteroatoms. The van der Waals surface area contributed by atoms with Crippen LogP contribution in [0.25, 0.3) is 33.0 Å². The van der Waals surface area contributed by atoms with E-state index in [-0.39, 0.29) is 17.0 Å². The molecule has 6 aromatic rings. The van der Waals surface area contributed by atoms with Crippen LogP contribution in [0.1, 0.15) is 4.88 Å². The van der Waals surface area contributed by atoms with Gasteiger partial charge < -0.3 is 16.0 Å². The number of thiophene rings is 2. The highest BCUT2D eigenvalue weighted by Gasteiger charge is 2.52. The van der Waals surface area contributed by atoms with Crippen LogP contribution in [0, 0.1) is 0 Å². The standard InChI is InChI=1S/C18H15N10S2.C5H5N5O/c19-18(20)26-15-13(22-8-23-15)17(27-18,12-4-2-6-30-12)28-9-24-10-7-21-14(25-16(10)28)11-3-1-5-29-11;6-5-9-3-2(4(11)10-5)7-1-8-3/h1-9,26-27H,19-20H2;1H,(H4,6,7,8,9,10,11). The molecule has 1 atom stereocenters. The van der Waals surface area contributed by atoms with Gasteiger partial charge in [0.05, 0.1) is 28.6 Å². The molecule has 1 radical (unpaired) electrons. The molecule has 0 aliphatic carbocycles. The average Bonchev–Trinajstić information content (AvgIpc) is 3.78. The molecule has 0 fully saturated rings. The minimum absolute atomic E-state index is 0.0896. The van der Waals surface area contributed by atoms with Gasteiger partial charge in [-0.3, -0.25) is 25.8 Å². The lowest BCUT2D eigenvalue weighted by molar-refractivity contribution is 0.164. The SMILES string of the molecule is NC1(N)NC2=C(N=C[N]2)C(c2cccs2)(n2cnc3cnc(-c4cccs4)nc32)N1.Nc1nc2[nH]cnc2c(=O)[nH]1. The first-order valence-corrected chi connectivity index (χ1v) is 13.7. The van der Waals surface area contributed by atoms with Gasteiger partial charge in [-0.2, -0.15) is 4.98 Å². The molecule has 10 N–H and O–H groups in total. The molecule has 205 valence electrons. The van der Waals surface area contributed by atoms with Crippen LogP contribution in [-0.2, 0) is 5.66 Å². The number of rotatable bonds is 3. The van der Waals surface area contributed by atoms with Gasteiger partial charge in [0.2, 0.25) is 11.9 Å². The van der Waals surface area contributed by atoms with Crippen LogP contribution in [0.15, 0.2) is 75.2 Å². The third-order valence-electron chi connectivity index (χ3n) is 6.23. The first-order valence-electron chi connectivity index (χ1n) is 11.9. The Kier molecular flexibility index (Phi) is 5.66. The van der Waals surface area contributed by atoms with Crippen LogP contribution in [0.5, 0.6) is 0 Å². The molecule has 1 unspecified atom stereocenters. The third-order valence-corrected chi connectivity index (χ3v) is 8.08. The smallest absolute Gasteiger partial charge is 0.280 e. The second-order valence-electron chi connectivity index (χ2n) is 8.92. The highest BCUT2D eigenvalue weighted by atomic mass is 32.1. The predicted molar refractivity (Wildman–Crippen MR) is 154 cm³/mol. The maximum Gasteiger partial charge on any atom is 0.280 e. The summed E-state index contributed by atoms with van der Waals surface area (Å²) in [6.07, 6.45) is 6.29. The summed E-state index contributed by atoms with van der Waals surface area (Å²) in [6, 6.07) is 7.90. The Hall–Kier alpha value is -5.01. The normalized spacial score (nSPS) is 19.1. The lowest BCUT2D eigenvalue weighted by Crippen LogP contribution is -2.78. The Balaban J connectivity index is 0.000000210. The highest BCUT2D eigenvalue weighted by Crippen LogP contribution is 2.41. The van der Waals surface area contributed by atoms with Gasteiger partial charge in [0, 0.05) is 0 Å². The van der Waals surface area contributed by atoms with Crippen molar-refractivity contribution in [3.8, 4) is 10.7 Å². The van der Waals surface area contributed by atoms with E-state index < -0.39 is 11.6 Å². The minimum atomic E-state index is -1.44. The Labute approximate surface area is 237 Å². The third kappa shape index (κ3) is 4.13. The fourth-order valence-corrected chi connectivity index (χ4v) is 6.15. The molecule has 16 nitrogen and oxygen atoms in total. The summed E-state index contributed by atoms with van der Waals surface area (Å²) in [5.41, 5.74) is 19.1. The second-order valence-corrected chi connectivity index (χ2v) is 10.8. The van der Waals surface area contributed by atoms with E-state index in [0.29, 0.717) is 34.2 Å². The van der Waals surface area contributed by atoms with E-state index in [4.69, 9.17) is 22.2 Å². The van der Waals surface area contributed by atoms with E-state index in [1.807, 2.05) is 39.6 Å². The molecule has 0 saturated heterocycles. The minimum Gasteiger partial charge on any atom is -0.369 e. The number of aliphatic imine (C=N–C) groups is 1. The quantitative estimate of drug-likeness (QED) is 0.137. The molecule has 0 saturated carbocycles. The van der Waals surface area contributed by atoms with Crippen molar-refractivity contribution in [3.63, 3.8) is 0 Å². The number of hydrogen-bond donors (Lipinski definition) is 7. The van der Waals surface area contributed by atoms with Gasteiger partial charge in [-0.15, -0.1) is 22.7 Å². The number of H-pyrrole nitrogens is 2. The van der Waals surface area contributed by atoms with Gasteiger partial charge in [-0.05, 0) is 22.9 Å². The van der Waals surface area contributed by atoms with E-state index in [1.165, 1.54) is 12.7 Å². The number of imidazole rings is 2. The predicted octanol–water partition coefficient (Wildman–Crippen LogP) is 0.0827. The molecule has 0 spiro atoms. The summed E-state index contributed by atoms with van der Waals surface area (Å²) in [5.74, 6) is -0.233. The van der Waals surface area contributed by atoms with E-state index in [9.17, 15) is 4.79 Å². The number of nitrogens with one attached hydrogen (secondary N) is 4. The summed E-state index contributed by atoms with van der Waals surface area (Å²) in [6.45, 7) is 0. The molecular formula is C23H20N15OS2. The van der Waals surface area contributed by atoms with Crippen molar-refractivity contribution in [1.82, 2.24) is 55.4 Å². The zero-order valence-corrected chi connectivity index (χ0v) is 22.4. The number of aromatic amines is 2. The Morgan fingerprint density at radius 3 is 2.68 bits per heavy atom. The fraction of sp³-hybridized carbons (Fsp3) is 0.0870. The van der Waals surface area contributed by atoms with Gasteiger partial charge in [-0.1, -0.05) is 12.1 Å². The largest absolute Gasteiger partial charge is 0.369 e. The molecular weight excluding hydrogens is 566 g/mol. The zero-order chi connectivity index (χ0) is 28.2. The number of nitrogens with two attached hydrogens (primary N) is 3. The summed E-state index contributed by atoms with van der Waals surface area (Å²) in [4.78, 5) is 43.8. The van der Waals surface area contributed by atoms with Crippen LogP contribution in [-0.4, -0.2) is 51.7 Å². The van der Waals surface area contributed by atoms with Crippen LogP contribution >= 0.6 is 22.7 Å². The molecule has 0 amide bonds. The Bertz CT molecular complexity index is 2000. The van der Waals surface area contributed by atoms with Crippen LogP contribution in [0.2, 0.25) is 0 Å². The lowest BCUT2D eigenvalue weighted by Gasteiger charge is -2.45. The molecule has 0 bridgehead atoms. The first kappa shape index (κ1) is 25.0. The van der Waals surface area contributed by atoms with Crippen molar-refractivity contribution >= 4 is 57.3 Å². The number of nitrogens with zero attached hydrogens (tertiary/aromatic N) is 8. The monoisotopic (exact) mass is 586 g/mol. The van der Waals surface area contributed by atoms with Crippen LogP contribution < -0.4 is 38.7 Å². The lowest BCUT2D eigenvalue weighted by atomic mass is 10.0. The maximum absolute atomic E-state index is 11.0. The number of anilines is 1. The number of aromatic nitrogens is 8. The number of fused-ring (bicyclic) bond motifs is 2. The molecule has 2 aliphatic heterocycles. The topological polar surface area (TPSA) is 247 Å². The van der Waals surface area contributed by atoms with Crippen molar-refractivity contribution in [1.29, 1.82) is 0 Å². The number of hydrogen-bond acceptors (Lipinski definition) is 14. The molecule has 41 heavy (non-hydrogen) atoms. The maximum atomic E-state index is 11.0. The molecule has 8 rings (SSSR count). The van der Waals surface area contributed by atoms with Gasteiger partial charge >= 0.3 is 0 Å². The van der Waals surface area contributed by atoms with Gasteiger partial charge in [0.1, 0.15) is 17.6 Å². The van der Waals surface area contributed by atoms with Crippen molar-refractivity contribution in [2.75, 3.05) is 5.73 Å². The van der Waals surface area contributed by atoms with Gasteiger partial charge in [0.15, 0.2) is 34.1 Å².